The smallest absolute Gasteiger partial charge is 0.320 e. The van der Waals surface area contributed by atoms with E-state index in [1.807, 2.05) is 161 Å². The average Bonchev–Trinajstić information content (AvgIpc) is 3.18. The van der Waals surface area contributed by atoms with Gasteiger partial charge in [0.25, 0.3) is 0 Å². The van der Waals surface area contributed by atoms with Gasteiger partial charge in [0, 0.05) is 49.0 Å². The van der Waals surface area contributed by atoms with Crippen LogP contribution >= 0.6 is 22.6 Å². The minimum absolute atomic E-state index is 0.0844. The van der Waals surface area contributed by atoms with Gasteiger partial charge in [-0.05, 0) is 144 Å². The molecule has 0 bridgehead atoms. The number of aliphatic imine (C=N–C) groups is 2. The first kappa shape index (κ1) is 52.0. The number of carbonyl (C=O) groups excluding carboxylic acids is 4. The lowest BCUT2D eigenvalue weighted by molar-refractivity contribution is 0.177. The standard InChI is InChI=1S/C27H40N4O2.C15H10N2O2.C6H15N.CH3I/c1-18(2)30(19(3)4)26(32)28-24-13-9-22(10-14-24)17-23-11-15-25(16-12-23)29-27(33)31(20(5)6)21(7)8;18-10-16-14-5-1-12(2-6-14)9-13-3-7-15(8-4-13)17-11-19;1-5(2)7-6(3)4;1-2/h9-16,18-21H,17H2,1-8H3,(H,28,32)(H,29,33);1-8H,9H2;5-7H,1-4H3;1H3/i;;;1D. The van der Waals surface area contributed by atoms with Gasteiger partial charge in [0.1, 0.15) is 0 Å². The van der Waals surface area contributed by atoms with Crippen LogP contribution in [-0.2, 0) is 22.4 Å². The van der Waals surface area contributed by atoms with Gasteiger partial charge in [-0.25, -0.2) is 19.2 Å². The van der Waals surface area contributed by atoms with Crippen molar-refractivity contribution < 1.29 is 20.5 Å². The Hall–Kier alpha value is -5.13. The number of benzene rings is 4. The van der Waals surface area contributed by atoms with Gasteiger partial charge in [0.05, 0.1) is 11.4 Å². The van der Waals surface area contributed by atoms with Gasteiger partial charge in [-0.1, -0.05) is 98.8 Å². The van der Waals surface area contributed by atoms with Crippen molar-refractivity contribution in [2.45, 2.75) is 132 Å². The molecule has 0 aliphatic rings. The van der Waals surface area contributed by atoms with Crippen LogP contribution in [0.15, 0.2) is 107 Å². The van der Waals surface area contributed by atoms with Crippen LogP contribution in [0.4, 0.5) is 32.3 Å². The van der Waals surface area contributed by atoms with Gasteiger partial charge in [0.15, 0.2) is 0 Å². The third kappa shape index (κ3) is 21.3. The van der Waals surface area contributed by atoms with Crippen molar-refractivity contribution in [3.63, 3.8) is 0 Å². The first-order chi connectivity index (χ1) is 29.3. The van der Waals surface area contributed by atoms with E-state index in [9.17, 15) is 19.2 Å². The van der Waals surface area contributed by atoms with Crippen molar-refractivity contribution in [1.29, 1.82) is 0 Å². The molecule has 0 saturated heterocycles. The number of hydrogen-bond donors (Lipinski definition) is 3. The lowest BCUT2D eigenvalue weighted by Gasteiger charge is -2.30. The van der Waals surface area contributed by atoms with Crippen LogP contribution in [0.5, 0.6) is 0 Å². The summed E-state index contributed by atoms with van der Waals surface area (Å²) in [5, 5.41) is 9.28. The fourth-order valence-corrected chi connectivity index (χ4v) is 6.54. The second kappa shape index (κ2) is 29.2. The van der Waals surface area contributed by atoms with E-state index in [-0.39, 0.29) is 36.2 Å². The quantitative estimate of drug-likeness (QED) is 0.0501. The van der Waals surface area contributed by atoms with Gasteiger partial charge < -0.3 is 25.8 Å². The maximum atomic E-state index is 12.6. The summed E-state index contributed by atoms with van der Waals surface area (Å²) in [4.78, 5) is 56.6. The molecular weight excluding hydrogens is 877 g/mol. The molecule has 3 N–H and O–H groups in total. The van der Waals surface area contributed by atoms with Crippen LogP contribution in [0, 0.1) is 0 Å². The second-order valence-electron chi connectivity index (χ2n) is 16.0. The molecule has 0 aromatic heterocycles. The number of amides is 4. The average molecular weight is 947 g/mol. The lowest BCUT2D eigenvalue weighted by atomic mass is 10.0. The molecule has 11 nitrogen and oxygen atoms in total. The van der Waals surface area contributed by atoms with Gasteiger partial charge in [-0.2, -0.15) is 9.98 Å². The number of anilines is 2. The molecule has 0 atom stereocenters. The number of urea groups is 2. The summed E-state index contributed by atoms with van der Waals surface area (Å²) in [6.45, 7) is 24.8. The summed E-state index contributed by atoms with van der Waals surface area (Å²) in [6.07, 6.45) is 4.54. The number of hydrogen-bond acceptors (Lipinski definition) is 7. The number of carbonyl (C=O) groups is 2. The highest BCUT2D eigenvalue weighted by Gasteiger charge is 2.21. The van der Waals surface area contributed by atoms with Gasteiger partial charge in [0.2, 0.25) is 12.2 Å². The zero-order valence-corrected chi connectivity index (χ0v) is 40.3. The fourth-order valence-electron chi connectivity index (χ4n) is 6.54. The normalized spacial score (nSPS) is 10.6. The molecule has 0 spiro atoms. The summed E-state index contributed by atoms with van der Waals surface area (Å²) in [5.74, 6) is 0. The zero-order valence-electron chi connectivity index (χ0n) is 39.1. The third-order valence-electron chi connectivity index (χ3n) is 8.81. The van der Waals surface area contributed by atoms with E-state index < -0.39 is 0 Å². The first-order valence-electron chi connectivity index (χ1n) is 21.4. The fraction of sp³-hybridized carbons (Fsp3) is 0.429. The van der Waals surface area contributed by atoms with Crippen LogP contribution < -0.4 is 16.0 Å². The molecule has 0 saturated carbocycles. The molecule has 4 amide bonds. The maximum Gasteiger partial charge on any atom is 0.322 e. The number of rotatable bonds is 14. The Morgan fingerprint density at radius 1 is 0.525 bits per heavy atom. The summed E-state index contributed by atoms with van der Waals surface area (Å²) in [6, 6.07) is 32.2. The van der Waals surface area contributed by atoms with Crippen LogP contribution in [0.2, 0.25) is 0 Å². The number of alkyl halides is 1. The van der Waals surface area contributed by atoms with Crippen LogP contribution in [0.25, 0.3) is 0 Å². The van der Waals surface area contributed by atoms with Crippen LogP contribution in [-0.4, -0.2) is 75.2 Å². The van der Waals surface area contributed by atoms with E-state index in [2.05, 4.69) is 53.6 Å². The van der Waals surface area contributed by atoms with Gasteiger partial charge >= 0.3 is 12.1 Å². The Bertz CT molecular complexity index is 1820. The molecular formula is C49H68IN7O4. The molecule has 0 unspecified atom stereocenters. The predicted octanol–water partition coefficient (Wildman–Crippen LogP) is 12.2. The highest BCUT2D eigenvalue weighted by molar-refractivity contribution is 14.1. The molecule has 0 heterocycles. The Balaban J connectivity index is 0.000000552. The van der Waals surface area contributed by atoms with Crippen molar-refractivity contribution >= 4 is 69.6 Å². The summed E-state index contributed by atoms with van der Waals surface area (Å²) in [5.41, 5.74) is 7.28. The van der Waals surface area contributed by atoms with Crippen molar-refractivity contribution in [2.24, 2.45) is 9.98 Å². The Kier molecular flexibility index (Phi) is 24.9. The van der Waals surface area contributed by atoms with Gasteiger partial charge in [-0.3, -0.25) is 0 Å². The van der Waals surface area contributed by atoms with Crippen molar-refractivity contribution in [3.05, 3.63) is 119 Å². The monoisotopic (exact) mass is 946 g/mol. The largest absolute Gasteiger partial charge is 0.322 e. The highest BCUT2D eigenvalue weighted by atomic mass is 127. The van der Waals surface area contributed by atoms with Crippen LogP contribution in [0.3, 0.4) is 0 Å². The molecule has 4 aromatic carbocycles. The molecule has 0 aliphatic heterocycles. The molecule has 0 fully saturated rings. The molecule has 330 valence electrons. The summed E-state index contributed by atoms with van der Waals surface area (Å²) in [7, 11) is 0. The molecule has 4 rings (SSSR count). The third-order valence-corrected chi connectivity index (χ3v) is 8.81. The van der Waals surface area contributed by atoms with Crippen LogP contribution in [0.1, 0.15) is 107 Å². The minimum Gasteiger partial charge on any atom is -0.320 e. The summed E-state index contributed by atoms with van der Waals surface area (Å²) < 4.78 is 6.20. The van der Waals surface area contributed by atoms with E-state index in [4.69, 9.17) is 1.37 Å². The maximum absolute atomic E-state index is 12.6. The molecule has 61 heavy (non-hydrogen) atoms. The lowest BCUT2D eigenvalue weighted by Crippen LogP contribution is -2.44. The topological polar surface area (TPSA) is 136 Å². The van der Waals surface area contributed by atoms with E-state index >= 15 is 0 Å². The molecule has 0 aliphatic carbocycles. The Morgan fingerprint density at radius 2 is 0.770 bits per heavy atom. The van der Waals surface area contributed by atoms with Crippen molar-refractivity contribution in [2.75, 3.05) is 15.5 Å². The molecule has 0 radical (unpaired) electrons. The Morgan fingerprint density at radius 3 is 0.967 bits per heavy atom. The number of halogens is 1. The Labute approximate surface area is 380 Å². The number of isocyanates is 2. The molecule has 12 heteroatoms. The van der Waals surface area contributed by atoms with Crippen molar-refractivity contribution in [3.8, 4) is 0 Å². The number of nitrogens with one attached hydrogen (secondary N) is 3. The zero-order chi connectivity index (χ0) is 46.8. The predicted molar refractivity (Wildman–Crippen MR) is 263 cm³/mol. The summed E-state index contributed by atoms with van der Waals surface area (Å²) >= 11 is 1.96. The molecule has 4 aromatic rings. The van der Waals surface area contributed by atoms with E-state index in [1.54, 1.807) is 24.3 Å². The first-order valence-corrected chi connectivity index (χ1v) is 22.2. The minimum atomic E-state index is -0.0844. The SMILES string of the molecule is CC(C)N(C(=O)Nc1ccc(Cc2ccc(NC(=O)N(C(C)C)C(C)C)cc2)cc1)C(C)C.CC(C)NC(C)C.O=C=Nc1ccc(Cc2ccc(N=C=O)cc2)cc1.[2H]CI. The second-order valence-corrected chi connectivity index (χ2v) is 16.0. The van der Waals surface area contributed by atoms with E-state index in [0.717, 1.165) is 46.5 Å². The van der Waals surface area contributed by atoms with Crippen molar-refractivity contribution in [1.82, 2.24) is 15.1 Å². The van der Waals surface area contributed by atoms with E-state index in [0.29, 0.717) is 28.4 Å². The van der Waals surface area contributed by atoms with E-state index in [1.165, 1.54) is 12.2 Å². The highest BCUT2D eigenvalue weighted by Crippen LogP contribution is 2.20. The number of nitrogens with zero attached hydrogens (tertiary/aromatic N) is 4. The van der Waals surface area contributed by atoms with Gasteiger partial charge in [-0.15, -0.1) is 0 Å².